The van der Waals surface area contributed by atoms with Crippen LogP contribution >= 0.6 is 0 Å². The molecule has 0 atom stereocenters. The van der Waals surface area contributed by atoms with E-state index >= 15 is 0 Å². The average molecular weight is 231 g/mol. The van der Waals surface area contributed by atoms with Crippen molar-refractivity contribution in [2.45, 2.75) is 27.3 Å². The van der Waals surface area contributed by atoms with Gasteiger partial charge in [0.05, 0.1) is 0 Å². The van der Waals surface area contributed by atoms with Crippen LogP contribution in [-0.2, 0) is 6.54 Å². The summed E-state index contributed by atoms with van der Waals surface area (Å²) in [5, 5.41) is 3.17. The molecule has 3 nitrogen and oxygen atoms in total. The summed E-state index contributed by atoms with van der Waals surface area (Å²) >= 11 is 0. The Balaban J connectivity index is 0.000000917. The largest absolute Gasteiger partial charge is 0.350 e. The van der Waals surface area contributed by atoms with Crippen LogP contribution in [0, 0.1) is 6.92 Å². The van der Waals surface area contributed by atoms with E-state index in [0.29, 0.717) is 5.95 Å². The van der Waals surface area contributed by atoms with Gasteiger partial charge in [-0.15, -0.1) is 0 Å². The van der Waals surface area contributed by atoms with Crippen LogP contribution in [0.15, 0.2) is 42.7 Å². The lowest BCUT2D eigenvalue weighted by Crippen LogP contribution is -2.02. The first-order chi connectivity index (χ1) is 8.34. The molecule has 0 spiro atoms. The molecule has 0 aliphatic heterocycles. The predicted octanol–water partition coefficient (Wildman–Crippen LogP) is 3.67. The maximum atomic E-state index is 4.17. The maximum absolute atomic E-state index is 4.17. The number of anilines is 1. The second-order valence-electron chi connectivity index (χ2n) is 3.42. The Morgan fingerprint density at radius 2 is 1.65 bits per heavy atom. The predicted molar refractivity (Wildman–Crippen MR) is 74.0 cm³/mol. The normalized spacial score (nSPS) is 9.12. The smallest absolute Gasteiger partial charge is 0.222 e. The molecule has 0 saturated carbocycles. The van der Waals surface area contributed by atoms with Gasteiger partial charge in [-0.3, -0.25) is 0 Å². The van der Waals surface area contributed by atoms with Crippen LogP contribution in [0.1, 0.15) is 26.4 Å². The Bertz CT molecular complexity index is 415. The van der Waals surface area contributed by atoms with Gasteiger partial charge in [-0.1, -0.05) is 44.2 Å². The van der Waals surface area contributed by atoms with Crippen molar-refractivity contribution in [3.8, 4) is 0 Å². The van der Waals surface area contributed by atoms with E-state index in [-0.39, 0.29) is 1.43 Å². The molecule has 92 valence electrons. The summed E-state index contributed by atoms with van der Waals surface area (Å²) < 4.78 is 0. The second-order valence-corrected chi connectivity index (χ2v) is 3.42. The number of rotatable bonds is 3. The number of benzene rings is 1. The van der Waals surface area contributed by atoms with Gasteiger partial charge in [0.25, 0.3) is 0 Å². The topological polar surface area (TPSA) is 37.8 Å². The first kappa shape index (κ1) is 13.2. The van der Waals surface area contributed by atoms with E-state index in [1.807, 2.05) is 39.0 Å². The van der Waals surface area contributed by atoms with E-state index < -0.39 is 0 Å². The monoisotopic (exact) mass is 231 g/mol. The second kappa shape index (κ2) is 7.39. The van der Waals surface area contributed by atoms with Gasteiger partial charge in [0, 0.05) is 20.4 Å². The highest BCUT2D eigenvalue weighted by Crippen LogP contribution is 2.03. The first-order valence-electron chi connectivity index (χ1n) is 5.91. The molecule has 2 rings (SSSR count). The van der Waals surface area contributed by atoms with Crippen molar-refractivity contribution in [2.24, 2.45) is 0 Å². The van der Waals surface area contributed by atoms with E-state index in [9.17, 15) is 0 Å². The van der Waals surface area contributed by atoms with Crippen LogP contribution in [0.5, 0.6) is 0 Å². The van der Waals surface area contributed by atoms with Gasteiger partial charge in [0.2, 0.25) is 5.95 Å². The van der Waals surface area contributed by atoms with Crippen molar-refractivity contribution in [2.75, 3.05) is 5.32 Å². The molecule has 0 radical (unpaired) electrons. The SMILES string of the molecule is CC.Cc1cnc(NCc2ccccc2)nc1.[HH]. The van der Waals surface area contributed by atoms with Gasteiger partial charge in [-0.2, -0.15) is 0 Å². The van der Waals surface area contributed by atoms with Crippen molar-refractivity contribution in [3.05, 3.63) is 53.9 Å². The number of hydrogen-bond acceptors (Lipinski definition) is 3. The third-order valence-electron chi connectivity index (χ3n) is 2.07. The summed E-state index contributed by atoms with van der Waals surface area (Å²) in [5.74, 6) is 0.671. The highest BCUT2D eigenvalue weighted by Gasteiger charge is 1.94. The van der Waals surface area contributed by atoms with Crippen LogP contribution in [0.2, 0.25) is 0 Å². The first-order valence-corrected chi connectivity index (χ1v) is 5.91. The molecule has 0 bridgehead atoms. The van der Waals surface area contributed by atoms with Gasteiger partial charge < -0.3 is 5.32 Å². The lowest BCUT2D eigenvalue weighted by atomic mass is 10.2. The van der Waals surface area contributed by atoms with E-state index in [2.05, 4.69) is 27.4 Å². The number of hydrogen-bond donors (Lipinski definition) is 1. The van der Waals surface area contributed by atoms with Crippen LogP contribution < -0.4 is 5.32 Å². The zero-order valence-corrected chi connectivity index (χ0v) is 10.6. The highest BCUT2D eigenvalue weighted by molar-refractivity contribution is 5.27. The fraction of sp³-hybridized carbons (Fsp3) is 0.286. The molecule has 0 aliphatic carbocycles. The molecule has 0 saturated heterocycles. The Labute approximate surface area is 104 Å². The summed E-state index contributed by atoms with van der Waals surface area (Å²) in [7, 11) is 0. The molecule has 1 aromatic carbocycles. The molecule has 0 aliphatic rings. The summed E-state index contributed by atoms with van der Waals surface area (Å²) in [4.78, 5) is 8.34. The minimum Gasteiger partial charge on any atom is -0.350 e. The van der Waals surface area contributed by atoms with Crippen LogP contribution in [0.3, 0.4) is 0 Å². The van der Waals surface area contributed by atoms with E-state index in [1.54, 1.807) is 12.4 Å². The Hall–Kier alpha value is -1.90. The lowest BCUT2D eigenvalue weighted by molar-refractivity contribution is 1.04. The van der Waals surface area contributed by atoms with Crippen LogP contribution in [0.4, 0.5) is 5.95 Å². The van der Waals surface area contributed by atoms with Gasteiger partial charge in [0.15, 0.2) is 0 Å². The Morgan fingerprint density at radius 1 is 1.06 bits per heavy atom. The number of aromatic nitrogens is 2. The third-order valence-corrected chi connectivity index (χ3v) is 2.07. The van der Waals surface area contributed by atoms with E-state index in [1.165, 1.54) is 5.56 Å². The summed E-state index contributed by atoms with van der Waals surface area (Å²) in [6.45, 7) is 6.73. The number of aryl methyl sites for hydroxylation is 1. The van der Waals surface area contributed by atoms with E-state index in [0.717, 1.165) is 12.1 Å². The molecule has 2 aromatic rings. The fourth-order valence-corrected chi connectivity index (χ4v) is 1.26. The minimum atomic E-state index is 0. The maximum Gasteiger partial charge on any atom is 0.222 e. The Morgan fingerprint density at radius 3 is 2.24 bits per heavy atom. The van der Waals surface area contributed by atoms with Crippen molar-refractivity contribution in [1.29, 1.82) is 0 Å². The summed E-state index contributed by atoms with van der Waals surface area (Å²) in [5.41, 5.74) is 2.29. The van der Waals surface area contributed by atoms with Crippen molar-refractivity contribution >= 4 is 5.95 Å². The standard InChI is InChI=1S/C12H13N3.C2H6.H2/c1-10-7-13-12(14-8-10)15-9-11-5-3-2-4-6-11;1-2;/h2-8H,9H2,1H3,(H,13,14,15);1-2H3;1H. The van der Waals surface area contributed by atoms with Crippen LogP contribution in [0.25, 0.3) is 0 Å². The molecule has 1 aromatic heterocycles. The minimum absolute atomic E-state index is 0. The fourth-order valence-electron chi connectivity index (χ4n) is 1.26. The summed E-state index contributed by atoms with van der Waals surface area (Å²) in [6, 6.07) is 10.2. The van der Waals surface area contributed by atoms with Crippen molar-refractivity contribution in [1.82, 2.24) is 9.97 Å². The van der Waals surface area contributed by atoms with Crippen molar-refractivity contribution < 1.29 is 1.43 Å². The third kappa shape index (κ3) is 4.64. The van der Waals surface area contributed by atoms with Gasteiger partial charge in [-0.05, 0) is 18.1 Å². The number of nitrogens with zero attached hydrogens (tertiary/aromatic N) is 2. The lowest BCUT2D eigenvalue weighted by Gasteiger charge is -2.04. The molecular formula is C14H21N3. The molecule has 1 heterocycles. The molecule has 0 fully saturated rings. The molecule has 0 unspecified atom stereocenters. The average Bonchev–Trinajstić information content (AvgIpc) is 2.42. The van der Waals surface area contributed by atoms with E-state index in [4.69, 9.17) is 0 Å². The molecule has 0 amide bonds. The quantitative estimate of drug-likeness (QED) is 0.875. The van der Waals surface area contributed by atoms with Crippen molar-refractivity contribution in [3.63, 3.8) is 0 Å². The van der Waals surface area contributed by atoms with Crippen LogP contribution in [-0.4, -0.2) is 9.97 Å². The van der Waals surface area contributed by atoms with Gasteiger partial charge >= 0.3 is 0 Å². The molecule has 1 N–H and O–H groups in total. The molecular weight excluding hydrogens is 210 g/mol. The molecule has 17 heavy (non-hydrogen) atoms. The summed E-state index contributed by atoms with van der Waals surface area (Å²) in [6.07, 6.45) is 3.61. The van der Waals surface area contributed by atoms with Gasteiger partial charge in [-0.25, -0.2) is 9.97 Å². The van der Waals surface area contributed by atoms with Gasteiger partial charge in [0.1, 0.15) is 0 Å². The molecule has 3 heteroatoms. The Kier molecular flexibility index (Phi) is 5.72. The zero-order valence-electron chi connectivity index (χ0n) is 10.6. The zero-order chi connectivity index (χ0) is 12.5. The highest BCUT2D eigenvalue weighted by atomic mass is 15.1. The number of nitrogens with one attached hydrogen (secondary N) is 1.